The van der Waals surface area contributed by atoms with Gasteiger partial charge in [-0.3, -0.25) is 4.79 Å². The van der Waals surface area contributed by atoms with Gasteiger partial charge in [0.05, 0.1) is 6.26 Å². The molecule has 1 heterocycles. The van der Waals surface area contributed by atoms with Gasteiger partial charge < -0.3 is 10.1 Å². The van der Waals surface area contributed by atoms with Crippen molar-refractivity contribution < 1.29 is 9.53 Å². The van der Waals surface area contributed by atoms with Gasteiger partial charge in [-0.15, -0.1) is 0 Å². The Morgan fingerprint density at radius 3 is 3.10 bits per heavy atom. The van der Waals surface area contributed by atoms with Crippen LogP contribution < -0.4 is 5.32 Å². The maximum atomic E-state index is 10.9. The largest absolute Gasteiger partial charge is 0.489 e. The minimum Gasteiger partial charge on any atom is -0.489 e. The molecule has 1 atom stereocenters. The molecular weight excluding hydrogens is 130 g/mol. The quantitative estimate of drug-likeness (QED) is 0.575. The molecule has 1 unspecified atom stereocenters. The van der Waals surface area contributed by atoms with E-state index in [9.17, 15) is 4.79 Å². The lowest BCUT2D eigenvalue weighted by Gasteiger charge is -2.16. The van der Waals surface area contributed by atoms with Crippen molar-refractivity contribution in [1.29, 1.82) is 0 Å². The van der Waals surface area contributed by atoms with Gasteiger partial charge in [0.1, 0.15) is 0 Å². The number of hydrogen-bond acceptors (Lipinski definition) is 2. The summed E-state index contributed by atoms with van der Waals surface area (Å²) in [4.78, 5) is 10.9. The van der Waals surface area contributed by atoms with Crippen molar-refractivity contribution >= 4 is 5.91 Å². The smallest absolute Gasteiger partial charge is 0.260 e. The molecule has 0 saturated heterocycles. The number of nitrogens with one attached hydrogen (secondary N) is 1. The van der Waals surface area contributed by atoms with E-state index in [1.807, 2.05) is 6.08 Å². The Balaban J connectivity index is 2.41. The number of carbonyl (C=O) groups is 1. The fourth-order valence-electron chi connectivity index (χ4n) is 0.888. The molecule has 1 aliphatic rings. The summed E-state index contributed by atoms with van der Waals surface area (Å²) >= 11 is 0. The van der Waals surface area contributed by atoms with Crippen LogP contribution in [0.1, 0.15) is 12.8 Å². The zero-order valence-electron chi connectivity index (χ0n) is 5.96. The Kier molecular flexibility index (Phi) is 2.31. The minimum absolute atomic E-state index is 0.0376. The van der Waals surface area contributed by atoms with Crippen molar-refractivity contribution in [2.45, 2.75) is 18.9 Å². The molecule has 1 rings (SSSR count). The van der Waals surface area contributed by atoms with Crippen LogP contribution >= 0.6 is 0 Å². The first-order chi connectivity index (χ1) is 4.84. The second-order valence-corrected chi connectivity index (χ2v) is 2.19. The summed E-state index contributed by atoms with van der Waals surface area (Å²) in [6, 6.07) is 0. The summed E-state index contributed by atoms with van der Waals surface area (Å²) < 4.78 is 5.04. The highest BCUT2D eigenvalue weighted by atomic mass is 16.5. The molecule has 0 radical (unpaired) electrons. The number of amides is 1. The van der Waals surface area contributed by atoms with Gasteiger partial charge in [0.2, 0.25) is 0 Å². The average Bonchev–Trinajstić information content (AvgIpc) is 2.05. The zero-order valence-corrected chi connectivity index (χ0v) is 5.96. The lowest BCUT2D eigenvalue weighted by Crippen LogP contribution is -2.33. The van der Waals surface area contributed by atoms with Gasteiger partial charge in [-0.25, -0.2) is 0 Å². The van der Waals surface area contributed by atoms with Crippen LogP contribution in [0.15, 0.2) is 12.3 Å². The molecule has 56 valence electrons. The number of allylic oxidation sites excluding steroid dienone is 1. The Morgan fingerprint density at radius 2 is 2.60 bits per heavy atom. The van der Waals surface area contributed by atoms with E-state index < -0.39 is 0 Å². The van der Waals surface area contributed by atoms with Crippen LogP contribution in [-0.4, -0.2) is 19.1 Å². The Labute approximate surface area is 60.1 Å². The van der Waals surface area contributed by atoms with Gasteiger partial charge in [0.25, 0.3) is 5.91 Å². The summed E-state index contributed by atoms with van der Waals surface area (Å²) in [5.41, 5.74) is 0. The van der Waals surface area contributed by atoms with Crippen LogP contribution in [0, 0.1) is 0 Å². The van der Waals surface area contributed by atoms with E-state index in [-0.39, 0.29) is 12.0 Å². The predicted octanol–water partition coefficient (Wildman–Crippen LogP) is 0.425. The molecule has 0 spiro atoms. The Morgan fingerprint density at radius 1 is 1.80 bits per heavy atom. The van der Waals surface area contributed by atoms with Crippen LogP contribution in [0.5, 0.6) is 0 Å². The first-order valence-corrected chi connectivity index (χ1v) is 3.36. The van der Waals surface area contributed by atoms with Crippen molar-refractivity contribution in [2.75, 3.05) is 7.05 Å². The molecule has 0 fully saturated rings. The molecular formula is C7H11NO2. The summed E-state index contributed by atoms with van der Waals surface area (Å²) in [5, 5.41) is 2.54. The van der Waals surface area contributed by atoms with E-state index in [2.05, 4.69) is 5.32 Å². The molecule has 3 heteroatoms. The van der Waals surface area contributed by atoms with Crippen molar-refractivity contribution in [3.8, 4) is 0 Å². The van der Waals surface area contributed by atoms with Gasteiger partial charge in [-0.05, 0) is 18.9 Å². The molecule has 0 saturated carbocycles. The minimum atomic E-state index is -0.269. The second kappa shape index (κ2) is 3.25. The second-order valence-electron chi connectivity index (χ2n) is 2.19. The van der Waals surface area contributed by atoms with Crippen molar-refractivity contribution in [3.63, 3.8) is 0 Å². The maximum Gasteiger partial charge on any atom is 0.260 e. The standard InChI is InChI=1S/C7H11NO2/c1-8-7(9)6-4-2-3-5-10-6/h3,5-6H,2,4H2,1H3,(H,8,9). The van der Waals surface area contributed by atoms with Crippen molar-refractivity contribution in [3.05, 3.63) is 12.3 Å². The molecule has 0 aromatic carbocycles. The van der Waals surface area contributed by atoms with Gasteiger partial charge in [0.15, 0.2) is 6.10 Å². The average molecular weight is 141 g/mol. The molecule has 1 amide bonds. The maximum absolute atomic E-state index is 10.9. The lowest BCUT2D eigenvalue weighted by atomic mass is 10.1. The van der Waals surface area contributed by atoms with E-state index in [0.29, 0.717) is 0 Å². The summed E-state index contributed by atoms with van der Waals surface area (Å²) in [6.45, 7) is 0. The summed E-state index contributed by atoms with van der Waals surface area (Å²) in [7, 11) is 1.62. The third kappa shape index (κ3) is 1.50. The van der Waals surface area contributed by atoms with Gasteiger partial charge >= 0.3 is 0 Å². The normalized spacial score (nSPS) is 23.5. The molecule has 1 N–H and O–H groups in total. The number of ether oxygens (including phenoxy) is 1. The van der Waals surface area contributed by atoms with Crippen LogP contribution in [0.3, 0.4) is 0 Å². The predicted molar refractivity (Wildman–Crippen MR) is 37.3 cm³/mol. The first-order valence-electron chi connectivity index (χ1n) is 3.36. The first kappa shape index (κ1) is 7.12. The third-order valence-corrected chi connectivity index (χ3v) is 1.47. The lowest BCUT2D eigenvalue weighted by molar-refractivity contribution is -0.129. The summed E-state index contributed by atoms with van der Waals surface area (Å²) in [6.07, 6.45) is 4.95. The number of hydrogen-bond donors (Lipinski definition) is 1. The van der Waals surface area contributed by atoms with E-state index in [0.717, 1.165) is 12.8 Å². The zero-order chi connectivity index (χ0) is 7.40. The fourth-order valence-corrected chi connectivity index (χ4v) is 0.888. The fraction of sp³-hybridized carbons (Fsp3) is 0.571. The van der Waals surface area contributed by atoms with Gasteiger partial charge in [-0.2, -0.15) is 0 Å². The SMILES string of the molecule is CNC(=O)C1CCC=CO1. The van der Waals surface area contributed by atoms with E-state index in [1.165, 1.54) is 0 Å². The van der Waals surface area contributed by atoms with E-state index in [1.54, 1.807) is 13.3 Å². The topological polar surface area (TPSA) is 38.3 Å². The highest BCUT2D eigenvalue weighted by molar-refractivity contribution is 5.80. The molecule has 0 aliphatic carbocycles. The van der Waals surface area contributed by atoms with Gasteiger partial charge in [-0.1, -0.05) is 0 Å². The van der Waals surface area contributed by atoms with Crippen LogP contribution in [0.4, 0.5) is 0 Å². The molecule has 1 aliphatic heterocycles. The Hall–Kier alpha value is -0.990. The number of likely N-dealkylation sites (N-methyl/N-ethyl adjacent to an activating group) is 1. The monoisotopic (exact) mass is 141 g/mol. The van der Waals surface area contributed by atoms with E-state index in [4.69, 9.17) is 4.74 Å². The number of carbonyl (C=O) groups excluding carboxylic acids is 1. The molecule has 3 nitrogen and oxygen atoms in total. The molecule has 0 bridgehead atoms. The third-order valence-electron chi connectivity index (χ3n) is 1.47. The highest BCUT2D eigenvalue weighted by Crippen LogP contribution is 2.09. The highest BCUT2D eigenvalue weighted by Gasteiger charge is 2.17. The molecule has 0 aromatic heterocycles. The number of rotatable bonds is 1. The Bertz CT molecular complexity index is 154. The van der Waals surface area contributed by atoms with Crippen molar-refractivity contribution in [1.82, 2.24) is 5.32 Å². The van der Waals surface area contributed by atoms with E-state index >= 15 is 0 Å². The molecule has 0 aromatic rings. The molecule has 10 heavy (non-hydrogen) atoms. The van der Waals surface area contributed by atoms with Crippen molar-refractivity contribution in [2.24, 2.45) is 0 Å². The van der Waals surface area contributed by atoms with Gasteiger partial charge in [0, 0.05) is 7.05 Å². The van der Waals surface area contributed by atoms with Crippen LogP contribution in [-0.2, 0) is 9.53 Å². The summed E-state index contributed by atoms with van der Waals surface area (Å²) in [5.74, 6) is -0.0376. The van der Waals surface area contributed by atoms with Crippen LogP contribution in [0.25, 0.3) is 0 Å². The van der Waals surface area contributed by atoms with Crippen LogP contribution in [0.2, 0.25) is 0 Å².